The highest BCUT2D eigenvalue weighted by Crippen LogP contribution is 2.16. The monoisotopic (exact) mass is 285 g/mol. The molecule has 16 heavy (non-hydrogen) atoms. The molecule has 0 saturated carbocycles. The number of carbonyl (C=O) groups excluding carboxylic acids is 1. The van der Waals surface area contributed by atoms with Crippen LogP contribution in [0.15, 0.2) is 22.7 Å². The van der Waals surface area contributed by atoms with Gasteiger partial charge in [-0.2, -0.15) is 0 Å². The van der Waals surface area contributed by atoms with Crippen LogP contribution in [0.5, 0.6) is 0 Å². The summed E-state index contributed by atoms with van der Waals surface area (Å²) in [7, 11) is 0. The molecule has 0 atom stereocenters. The normalized spacial score (nSPS) is 9.88. The van der Waals surface area contributed by atoms with E-state index in [-0.39, 0.29) is 0 Å². The second-order valence-electron chi connectivity index (χ2n) is 3.38. The molecule has 0 radical (unpaired) electrons. The Balaban J connectivity index is 2.52. The summed E-state index contributed by atoms with van der Waals surface area (Å²) in [5, 5.41) is 10.7. The molecule has 5 heteroatoms. The van der Waals surface area contributed by atoms with Crippen LogP contribution in [-0.2, 0) is 16.0 Å². The number of hydrogen-bond acceptors (Lipinski definition) is 2. The Morgan fingerprint density at radius 3 is 2.75 bits per heavy atom. The number of carboxylic acid groups (broad SMARTS) is 1. The molecule has 0 saturated heterocycles. The van der Waals surface area contributed by atoms with Gasteiger partial charge in [-0.15, -0.1) is 0 Å². The van der Waals surface area contributed by atoms with Crippen molar-refractivity contribution < 1.29 is 14.7 Å². The van der Waals surface area contributed by atoms with Crippen LogP contribution in [0.2, 0.25) is 0 Å². The molecule has 1 aromatic carbocycles. The van der Waals surface area contributed by atoms with Crippen LogP contribution in [0.25, 0.3) is 0 Å². The lowest BCUT2D eigenvalue weighted by Crippen LogP contribution is -2.32. The Kier molecular flexibility index (Phi) is 4.49. The average Bonchev–Trinajstić information content (AvgIpc) is 2.22. The van der Waals surface area contributed by atoms with Crippen molar-refractivity contribution >= 4 is 27.8 Å². The molecule has 0 aromatic heterocycles. The molecule has 86 valence electrons. The highest BCUT2D eigenvalue weighted by Gasteiger charge is 2.09. The molecule has 1 aromatic rings. The van der Waals surface area contributed by atoms with E-state index in [2.05, 4.69) is 21.2 Å². The van der Waals surface area contributed by atoms with Crippen molar-refractivity contribution in [3.05, 3.63) is 33.8 Å². The number of carbonyl (C=O) groups is 2. The summed E-state index contributed by atoms with van der Waals surface area (Å²) in [5.41, 5.74) is 2.20. The van der Waals surface area contributed by atoms with Gasteiger partial charge in [0.05, 0.1) is 0 Å². The maximum Gasteiger partial charge on any atom is 0.394 e. The summed E-state index contributed by atoms with van der Waals surface area (Å²) in [5.74, 6) is -2.42. The Hall–Kier alpha value is -1.36. The summed E-state index contributed by atoms with van der Waals surface area (Å²) >= 11 is 3.36. The van der Waals surface area contributed by atoms with Crippen molar-refractivity contribution in [3.8, 4) is 0 Å². The second-order valence-corrected chi connectivity index (χ2v) is 4.30. The molecule has 0 aliphatic carbocycles. The van der Waals surface area contributed by atoms with Crippen LogP contribution in [-0.4, -0.2) is 23.5 Å². The summed E-state index contributed by atoms with van der Waals surface area (Å²) in [6.07, 6.45) is 0.615. The first-order valence-corrected chi connectivity index (χ1v) is 5.56. The molecule has 0 unspecified atom stereocenters. The Morgan fingerprint density at radius 2 is 2.12 bits per heavy atom. The van der Waals surface area contributed by atoms with Crippen molar-refractivity contribution in [2.45, 2.75) is 13.3 Å². The first-order chi connectivity index (χ1) is 7.50. The molecule has 0 bridgehead atoms. The third kappa shape index (κ3) is 3.66. The molecule has 2 N–H and O–H groups in total. The van der Waals surface area contributed by atoms with Crippen LogP contribution >= 0.6 is 15.9 Å². The number of amides is 1. The highest BCUT2D eigenvalue weighted by atomic mass is 79.9. The molecule has 1 rings (SSSR count). The van der Waals surface area contributed by atoms with E-state index in [0.29, 0.717) is 13.0 Å². The minimum Gasteiger partial charge on any atom is -0.474 e. The Morgan fingerprint density at radius 1 is 1.44 bits per heavy atom. The zero-order valence-electron chi connectivity index (χ0n) is 8.79. The fourth-order valence-corrected chi connectivity index (χ4v) is 1.70. The maximum atomic E-state index is 10.8. The number of benzene rings is 1. The van der Waals surface area contributed by atoms with Gasteiger partial charge in [-0.1, -0.05) is 22.0 Å². The van der Waals surface area contributed by atoms with Crippen molar-refractivity contribution in [1.29, 1.82) is 0 Å². The number of carboxylic acids is 1. The fraction of sp³-hybridized carbons (Fsp3) is 0.273. The Bertz CT molecular complexity index is 418. The number of rotatable bonds is 3. The third-order valence-electron chi connectivity index (χ3n) is 2.19. The van der Waals surface area contributed by atoms with Gasteiger partial charge in [0, 0.05) is 11.0 Å². The molecule has 0 aliphatic heterocycles. The average molecular weight is 286 g/mol. The minimum absolute atomic E-state index is 0.322. The van der Waals surface area contributed by atoms with E-state index in [9.17, 15) is 9.59 Å². The first-order valence-electron chi connectivity index (χ1n) is 4.77. The zero-order valence-corrected chi connectivity index (χ0v) is 10.4. The number of hydrogen-bond donors (Lipinski definition) is 2. The lowest BCUT2D eigenvalue weighted by atomic mass is 10.1. The second kappa shape index (κ2) is 5.65. The van der Waals surface area contributed by atoms with Crippen LogP contribution in [0.3, 0.4) is 0 Å². The van der Waals surface area contributed by atoms with Gasteiger partial charge in [-0.05, 0) is 36.6 Å². The molecular weight excluding hydrogens is 274 g/mol. The van der Waals surface area contributed by atoms with Gasteiger partial charge in [-0.3, -0.25) is 4.79 Å². The molecule has 4 nitrogen and oxygen atoms in total. The molecule has 0 aliphatic rings. The van der Waals surface area contributed by atoms with Crippen LogP contribution in [0.4, 0.5) is 0 Å². The van der Waals surface area contributed by atoms with Crippen molar-refractivity contribution in [1.82, 2.24) is 5.32 Å². The lowest BCUT2D eigenvalue weighted by Gasteiger charge is -2.06. The lowest BCUT2D eigenvalue weighted by molar-refractivity contribution is -0.150. The quantitative estimate of drug-likeness (QED) is 0.827. The fourth-order valence-electron chi connectivity index (χ4n) is 1.30. The van der Waals surface area contributed by atoms with Crippen LogP contribution in [0.1, 0.15) is 11.1 Å². The highest BCUT2D eigenvalue weighted by molar-refractivity contribution is 9.10. The summed E-state index contributed by atoms with van der Waals surface area (Å²) in [4.78, 5) is 21.0. The number of aryl methyl sites for hydroxylation is 1. The molecule has 0 fully saturated rings. The van der Waals surface area contributed by atoms with Crippen LogP contribution in [0, 0.1) is 6.92 Å². The van der Waals surface area contributed by atoms with E-state index in [0.717, 1.165) is 15.6 Å². The summed E-state index contributed by atoms with van der Waals surface area (Å²) in [6.45, 7) is 2.29. The smallest absolute Gasteiger partial charge is 0.394 e. The standard InChI is InChI=1S/C11H12BrNO3/c1-7-2-3-9(12)6-8(7)4-5-13-10(14)11(15)16/h2-3,6H,4-5H2,1H3,(H,13,14)(H,15,16). The molecule has 0 heterocycles. The van der Waals surface area contributed by atoms with E-state index in [1.807, 2.05) is 25.1 Å². The zero-order chi connectivity index (χ0) is 12.1. The third-order valence-corrected chi connectivity index (χ3v) is 2.68. The summed E-state index contributed by atoms with van der Waals surface area (Å²) in [6, 6.07) is 5.87. The van der Waals surface area contributed by atoms with Crippen LogP contribution < -0.4 is 5.32 Å². The largest absolute Gasteiger partial charge is 0.474 e. The number of aliphatic carboxylic acids is 1. The number of halogens is 1. The van der Waals surface area contributed by atoms with E-state index in [4.69, 9.17) is 5.11 Å². The minimum atomic E-state index is -1.45. The van der Waals surface area contributed by atoms with Gasteiger partial charge >= 0.3 is 11.9 Å². The van der Waals surface area contributed by atoms with Gasteiger partial charge < -0.3 is 10.4 Å². The molecular formula is C11H12BrNO3. The van der Waals surface area contributed by atoms with Crippen molar-refractivity contribution in [3.63, 3.8) is 0 Å². The predicted molar refractivity (Wildman–Crippen MR) is 63.2 cm³/mol. The first kappa shape index (κ1) is 12.7. The van der Waals surface area contributed by atoms with E-state index in [1.54, 1.807) is 0 Å². The van der Waals surface area contributed by atoms with Gasteiger partial charge in [0.25, 0.3) is 0 Å². The van der Waals surface area contributed by atoms with E-state index in [1.165, 1.54) is 0 Å². The molecule has 1 amide bonds. The van der Waals surface area contributed by atoms with Gasteiger partial charge in [0.15, 0.2) is 0 Å². The van der Waals surface area contributed by atoms with Gasteiger partial charge in [-0.25, -0.2) is 4.79 Å². The van der Waals surface area contributed by atoms with Crippen molar-refractivity contribution in [2.75, 3.05) is 6.54 Å². The SMILES string of the molecule is Cc1ccc(Br)cc1CCNC(=O)C(=O)O. The van der Waals surface area contributed by atoms with Gasteiger partial charge in [0.1, 0.15) is 0 Å². The Labute approximate surface area is 102 Å². The van der Waals surface area contributed by atoms with E-state index >= 15 is 0 Å². The maximum absolute atomic E-state index is 10.8. The van der Waals surface area contributed by atoms with E-state index < -0.39 is 11.9 Å². The number of nitrogens with one attached hydrogen (secondary N) is 1. The summed E-state index contributed by atoms with van der Waals surface area (Å²) < 4.78 is 0.970. The predicted octanol–water partition coefficient (Wildman–Crippen LogP) is 1.50. The van der Waals surface area contributed by atoms with Gasteiger partial charge in [0.2, 0.25) is 0 Å². The molecule has 0 spiro atoms. The van der Waals surface area contributed by atoms with Crippen molar-refractivity contribution in [2.24, 2.45) is 0 Å². The topological polar surface area (TPSA) is 66.4 Å².